The number of nitriles is 1. The van der Waals surface area contributed by atoms with Crippen molar-refractivity contribution in [3.8, 4) is 6.07 Å². The minimum absolute atomic E-state index is 0.0421. The van der Waals surface area contributed by atoms with Gasteiger partial charge >= 0.3 is 0 Å². The number of nitrogens with zero attached hydrogens (tertiary/aromatic N) is 3. The first-order valence-corrected chi connectivity index (χ1v) is 7.61. The van der Waals surface area contributed by atoms with Crippen LogP contribution in [0.2, 0.25) is 0 Å². The number of rotatable bonds is 3. The highest BCUT2D eigenvalue weighted by molar-refractivity contribution is 7.99. The molecule has 3 rings (SSSR count). The van der Waals surface area contributed by atoms with Crippen LogP contribution in [-0.2, 0) is 11.2 Å². The number of anilines is 1. The summed E-state index contributed by atoms with van der Waals surface area (Å²) in [5.41, 5.74) is 8.58. The van der Waals surface area contributed by atoms with Crippen LogP contribution in [0.25, 0.3) is 0 Å². The van der Waals surface area contributed by atoms with Gasteiger partial charge in [-0.05, 0) is 17.5 Å². The molecule has 21 heavy (non-hydrogen) atoms. The van der Waals surface area contributed by atoms with Crippen molar-refractivity contribution in [3.05, 3.63) is 47.2 Å². The lowest BCUT2D eigenvalue weighted by molar-refractivity contribution is 0.0587. The highest BCUT2D eigenvalue weighted by Gasteiger charge is 2.21. The number of nitrogens with two attached hydrogens (primary N) is 1. The van der Waals surface area contributed by atoms with E-state index in [1.807, 2.05) is 12.1 Å². The first kappa shape index (κ1) is 13.9. The Bertz CT molecular complexity index is 698. The molecule has 1 aliphatic heterocycles. The number of aromatic nitrogens is 2. The number of thioether (sulfide) groups is 1. The van der Waals surface area contributed by atoms with Crippen LogP contribution >= 0.6 is 11.8 Å². The zero-order valence-electron chi connectivity index (χ0n) is 11.3. The Morgan fingerprint density at radius 1 is 1.43 bits per heavy atom. The molecule has 106 valence electrons. The summed E-state index contributed by atoms with van der Waals surface area (Å²) >= 11 is 1.49. The smallest absolute Gasteiger partial charge is 0.189 e. The predicted molar refractivity (Wildman–Crippen MR) is 80.7 cm³/mol. The van der Waals surface area contributed by atoms with Crippen LogP contribution in [-0.4, -0.2) is 22.3 Å². The zero-order chi connectivity index (χ0) is 14.7. The fraction of sp³-hybridized carbons (Fsp3) is 0.267. The normalized spacial score (nSPS) is 17.0. The zero-order valence-corrected chi connectivity index (χ0v) is 12.1. The molecule has 6 heteroatoms. The number of hydrogen-bond acceptors (Lipinski definition) is 6. The lowest BCUT2D eigenvalue weighted by atomic mass is 9.99. The average molecular weight is 298 g/mol. The predicted octanol–water partition coefficient (Wildman–Crippen LogP) is 2.34. The first-order chi connectivity index (χ1) is 10.3. The molecule has 5 nitrogen and oxygen atoms in total. The molecule has 1 atom stereocenters. The van der Waals surface area contributed by atoms with Crippen LogP contribution < -0.4 is 5.73 Å². The SMILES string of the molecule is N#Cc1cnc(SC[C@@H]2OCCc3ccccc32)nc1N. The molecule has 2 N–H and O–H groups in total. The molecule has 0 saturated heterocycles. The maximum Gasteiger partial charge on any atom is 0.189 e. The van der Waals surface area contributed by atoms with Gasteiger partial charge in [0.25, 0.3) is 0 Å². The van der Waals surface area contributed by atoms with Crippen molar-refractivity contribution < 1.29 is 4.74 Å². The molecular weight excluding hydrogens is 284 g/mol. The number of ether oxygens (including phenoxy) is 1. The van der Waals surface area contributed by atoms with Gasteiger partial charge in [-0.1, -0.05) is 36.0 Å². The molecular formula is C15H14N4OS. The molecule has 2 aromatic rings. The van der Waals surface area contributed by atoms with Gasteiger partial charge in [-0.3, -0.25) is 0 Å². The topological polar surface area (TPSA) is 84.8 Å². The summed E-state index contributed by atoms with van der Waals surface area (Å²) in [6.07, 6.45) is 2.46. The van der Waals surface area contributed by atoms with Crippen LogP contribution in [0.5, 0.6) is 0 Å². The third kappa shape index (κ3) is 2.99. The molecule has 1 aromatic heterocycles. The van der Waals surface area contributed by atoms with Gasteiger partial charge < -0.3 is 10.5 Å². The summed E-state index contributed by atoms with van der Waals surface area (Å²) in [6.45, 7) is 0.735. The molecule has 0 saturated carbocycles. The molecule has 2 heterocycles. The monoisotopic (exact) mass is 298 g/mol. The second kappa shape index (κ2) is 6.12. The van der Waals surface area contributed by atoms with Crippen molar-refractivity contribution >= 4 is 17.6 Å². The highest BCUT2D eigenvalue weighted by Crippen LogP contribution is 2.31. The molecule has 0 unspecified atom stereocenters. The van der Waals surface area contributed by atoms with E-state index in [2.05, 4.69) is 28.2 Å². The van der Waals surface area contributed by atoms with Gasteiger partial charge in [0.05, 0.1) is 18.9 Å². The molecule has 1 aromatic carbocycles. The molecule has 0 radical (unpaired) electrons. The van der Waals surface area contributed by atoms with E-state index in [0.717, 1.165) is 18.8 Å². The number of benzene rings is 1. The van der Waals surface area contributed by atoms with E-state index in [1.165, 1.54) is 29.1 Å². The maximum absolute atomic E-state index is 8.82. The summed E-state index contributed by atoms with van der Waals surface area (Å²) in [4.78, 5) is 8.28. The van der Waals surface area contributed by atoms with Gasteiger partial charge in [0.1, 0.15) is 17.5 Å². The van der Waals surface area contributed by atoms with Crippen LogP contribution in [0.1, 0.15) is 22.8 Å². The van der Waals surface area contributed by atoms with Crippen LogP contribution in [0.3, 0.4) is 0 Å². The fourth-order valence-corrected chi connectivity index (χ4v) is 3.17. The van der Waals surface area contributed by atoms with E-state index in [1.54, 1.807) is 0 Å². The third-order valence-corrected chi connectivity index (χ3v) is 4.30. The van der Waals surface area contributed by atoms with E-state index < -0.39 is 0 Å². The molecule has 0 fully saturated rings. The summed E-state index contributed by atoms with van der Waals surface area (Å²) in [5.74, 6) is 0.947. The van der Waals surface area contributed by atoms with E-state index in [9.17, 15) is 0 Å². The Hall–Kier alpha value is -2.10. The Balaban J connectivity index is 1.72. The van der Waals surface area contributed by atoms with Crippen molar-refractivity contribution in [1.29, 1.82) is 5.26 Å². The van der Waals surface area contributed by atoms with Crippen LogP contribution in [0.4, 0.5) is 5.82 Å². The maximum atomic E-state index is 8.82. The van der Waals surface area contributed by atoms with Crippen LogP contribution in [0.15, 0.2) is 35.6 Å². The minimum Gasteiger partial charge on any atom is -0.382 e. The first-order valence-electron chi connectivity index (χ1n) is 6.62. The second-order valence-corrected chi connectivity index (χ2v) is 5.67. The van der Waals surface area contributed by atoms with Gasteiger partial charge in [-0.25, -0.2) is 9.97 Å². The summed E-state index contributed by atoms with van der Waals surface area (Å²) in [5, 5.41) is 9.38. The molecule has 1 aliphatic rings. The van der Waals surface area contributed by atoms with Crippen molar-refractivity contribution in [2.75, 3.05) is 18.1 Å². The largest absolute Gasteiger partial charge is 0.382 e. The Kier molecular flexibility index (Phi) is 4.04. The number of fused-ring (bicyclic) bond motifs is 1. The lowest BCUT2D eigenvalue weighted by Crippen LogP contribution is -2.18. The van der Waals surface area contributed by atoms with Crippen molar-refractivity contribution in [3.63, 3.8) is 0 Å². The number of hydrogen-bond donors (Lipinski definition) is 1. The molecule has 0 bridgehead atoms. The lowest BCUT2D eigenvalue weighted by Gasteiger charge is -2.25. The van der Waals surface area contributed by atoms with Crippen molar-refractivity contribution in [1.82, 2.24) is 9.97 Å². The quantitative estimate of drug-likeness (QED) is 0.691. The fourth-order valence-electron chi connectivity index (χ4n) is 2.30. The molecule has 0 amide bonds. The minimum atomic E-state index is 0.0421. The molecule has 0 aliphatic carbocycles. The Morgan fingerprint density at radius 3 is 3.10 bits per heavy atom. The van der Waals surface area contributed by atoms with Gasteiger partial charge in [0.2, 0.25) is 0 Å². The van der Waals surface area contributed by atoms with Crippen molar-refractivity contribution in [2.24, 2.45) is 0 Å². The highest BCUT2D eigenvalue weighted by atomic mass is 32.2. The van der Waals surface area contributed by atoms with Gasteiger partial charge in [0.15, 0.2) is 5.16 Å². The van der Waals surface area contributed by atoms with Gasteiger partial charge in [0, 0.05) is 5.75 Å². The van der Waals surface area contributed by atoms with E-state index in [4.69, 9.17) is 15.7 Å². The second-order valence-electron chi connectivity index (χ2n) is 4.68. The van der Waals surface area contributed by atoms with Crippen LogP contribution in [0, 0.1) is 11.3 Å². The van der Waals surface area contributed by atoms with Gasteiger partial charge in [-0.2, -0.15) is 5.26 Å². The van der Waals surface area contributed by atoms with Gasteiger partial charge in [-0.15, -0.1) is 0 Å². The average Bonchev–Trinajstić information content (AvgIpc) is 2.53. The summed E-state index contributed by atoms with van der Waals surface area (Å²) in [6, 6.07) is 10.3. The van der Waals surface area contributed by atoms with Crippen molar-refractivity contribution in [2.45, 2.75) is 17.7 Å². The standard InChI is InChI=1S/C15H14N4OS/c16-7-11-8-18-15(19-14(11)17)21-9-13-12-4-2-1-3-10(12)5-6-20-13/h1-4,8,13H,5-6,9H2,(H2,17,18,19)/t13-/m0/s1. The Morgan fingerprint density at radius 2 is 2.29 bits per heavy atom. The van der Waals surface area contributed by atoms with E-state index in [0.29, 0.717) is 10.7 Å². The number of nitrogen functional groups attached to an aromatic ring is 1. The van der Waals surface area contributed by atoms with E-state index in [-0.39, 0.29) is 11.9 Å². The third-order valence-electron chi connectivity index (χ3n) is 3.37. The molecule has 0 spiro atoms. The summed E-state index contributed by atoms with van der Waals surface area (Å²) < 4.78 is 5.84. The van der Waals surface area contributed by atoms with E-state index >= 15 is 0 Å². The Labute approximate surface area is 127 Å². The summed E-state index contributed by atoms with van der Waals surface area (Å²) in [7, 11) is 0.